The van der Waals surface area contributed by atoms with Crippen molar-refractivity contribution >= 4 is 45.2 Å². The number of aryl methyl sites for hydroxylation is 1. The highest BCUT2D eigenvalue weighted by atomic mass is 32.1. The van der Waals surface area contributed by atoms with E-state index >= 15 is 0 Å². The highest BCUT2D eigenvalue weighted by molar-refractivity contribution is 7.80. The van der Waals surface area contributed by atoms with Crippen molar-refractivity contribution in [3.8, 4) is 16.3 Å². The number of unbranched alkanes of at least 4 members (excludes halogenated alkanes) is 1. The van der Waals surface area contributed by atoms with Crippen molar-refractivity contribution in [1.82, 2.24) is 25.1 Å². The van der Waals surface area contributed by atoms with Crippen molar-refractivity contribution in [2.24, 2.45) is 0 Å². The molecule has 1 amide bonds. The number of benzene rings is 2. The molecule has 0 saturated carbocycles. The van der Waals surface area contributed by atoms with Crippen LogP contribution in [0.3, 0.4) is 0 Å². The van der Waals surface area contributed by atoms with Gasteiger partial charge in [0.25, 0.3) is 5.91 Å². The molecule has 2 N–H and O–H groups in total. The molecule has 0 radical (unpaired) electrons. The van der Waals surface area contributed by atoms with E-state index in [1.807, 2.05) is 37.3 Å². The van der Waals surface area contributed by atoms with E-state index in [1.165, 1.54) is 11.3 Å². The molecule has 8 nitrogen and oxygen atoms in total. The van der Waals surface area contributed by atoms with Crippen LogP contribution in [0.25, 0.3) is 15.5 Å². The Morgan fingerprint density at radius 2 is 2.03 bits per heavy atom. The molecule has 0 bridgehead atoms. The van der Waals surface area contributed by atoms with Gasteiger partial charge in [-0.2, -0.15) is 9.61 Å². The number of fused-ring (bicyclic) bond motifs is 1. The van der Waals surface area contributed by atoms with Gasteiger partial charge in [0.15, 0.2) is 10.9 Å². The number of ether oxygens (including phenoxy) is 1. The molecule has 0 aliphatic rings. The topological polar surface area (TPSA) is 93.4 Å². The number of aromatic nitrogens is 4. The molecule has 32 heavy (non-hydrogen) atoms. The van der Waals surface area contributed by atoms with E-state index in [0.29, 0.717) is 17.9 Å². The predicted molar refractivity (Wildman–Crippen MR) is 129 cm³/mol. The van der Waals surface area contributed by atoms with Crippen LogP contribution in [0.1, 0.15) is 35.9 Å². The molecule has 0 aliphatic carbocycles. The zero-order valence-corrected chi connectivity index (χ0v) is 19.3. The number of hydrogen-bond donors (Lipinski definition) is 2. The fraction of sp³-hybridized carbons (Fsp3) is 0.227. The molecule has 164 valence electrons. The van der Waals surface area contributed by atoms with E-state index in [9.17, 15) is 4.79 Å². The van der Waals surface area contributed by atoms with E-state index in [2.05, 4.69) is 32.9 Å². The number of rotatable bonds is 7. The lowest BCUT2D eigenvalue weighted by molar-refractivity contribution is 0.0977. The first kappa shape index (κ1) is 21.8. The van der Waals surface area contributed by atoms with Gasteiger partial charge in [0.2, 0.25) is 4.96 Å². The minimum absolute atomic E-state index is 0.207. The fourth-order valence-corrected chi connectivity index (χ4v) is 4.05. The first-order chi connectivity index (χ1) is 15.5. The van der Waals surface area contributed by atoms with Crippen LogP contribution in [-0.4, -0.2) is 37.4 Å². The van der Waals surface area contributed by atoms with E-state index in [1.54, 1.807) is 22.7 Å². The summed E-state index contributed by atoms with van der Waals surface area (Å²) in [6.45, 7) is 4.58. The zero-order valence-electron chi connectivity index (χ0n) is 17.7. The summed E-state index contributed by atoms with van der Waals surface area (Å²) in [5.74, 6) is 1.10. The van der Waals surface area contributed by atoms with Gasteiger partial charge >= 0.3 is 0 Å². The lowest BCUT2D eigenvalue weighted by Gasteiger charge is -2.11. The summed E-state index contributed by atoms with van der Waals surface area (Å²) in [7, 11) is 0. The Bertz CT molecular complexity index is 1270. The molecular formula is C22H22N6O2S2. The van der Waals surface area contributed by atoms with Crippen LogP contribution in [0, 0.1) is 6.92 Å². The van der Waals surface area contributed by atoms with Gasteiger partial charge in [-0.05, 0) is 55.9 Å². The fourth-order valence-electron chi connectivity index (χ4n) is 2.96. The third-order valence-corrected chi connectivity index (χ3v) is 5.76. The Balaban J connectivity index is 1.40. The normalized spacial score (nSPS) is 10.8. The second kappa shape index (κ2) is 9.84. The molecule has 0 unspecified atom stereocenters. The molecule has 2 aromatic carbocycles. The van der Waals surface area contributed by atoms with Crippen molar-refractivity contribution in [3.63, 3.8) is 0 Å². The summed E-state index contributed by atoms with van der Waals surface area (Å²) in [5.41, 5.74) is 2.13. The van der Waals surface area contributed by atoms with Crippen LogP contribution < -0.4 is 15.4 Å². The van der Waals surface area contributed by atoms with Gasteiger partial charge in [0.05, 0.1) is 6.61 Å². The van der Waals surface area contributed by atoms with Gasteiger partial charge in [-0.3, -0.25) is 10.1 Å². The van der Waals surface area contributed by atoms with Crippen LogP contribution in [0.2, 0.25) is 0 Å². The summed E-state index contributed by atoms with van der Waals surface area (Å²) in [6, 6.07) is 14.7. The van der Waals surface area contributed by atoms with Crippen LogP contribution in [-0.2, 0) is 0 Å². The summed E-state index contributed by atoms with van der Waals surface area (Å²) in [6.07, 6.45) is 2.02. The van der Waals surface area contributed by atoms with Gasteiger partial charge in [0.1, 0.15) is 10.8 Å². The van der Waals surface area contributed by atoms with Gasteiger partial charge in [-0.15, -0.1) is 10.2 Å². The monoisotopic (exact) mass is 466 g/mol. The second-order valence-electron chi connectivity index (χ2n) is 7.07. The number of nitrogens with one attached hydrogen (secondary N) is 2. The lowest BCUT2D eigenvalue weighted by atomic mass is 10.2. The Morgan fingerprint density at radius 3 is 2.84 bits per heavy atom. The SMILES string of the molecule is CCCCOc1cccc(C(=O)NC(=S)Nc2cccc(-c3nn4c(C)nnc4s3)c2)c1. The maximum absolute atomic E-state index is 12.6. The maximum Gasteiger partial charge on any atom is 0.257 e. The van der Waals surface area contributed by atoms with Crippen molar-refractivity contribution < 1.29 is 9.53 Å². The minimum atomic E-state index is -0.302. The third-order valence-electron chi connectivity index (χ3n) is 4.60. The molecule has 2 aromatic heterocycles. The van der Waals surface area contributed by atoms with Gasteiger partial charge in [-0.1, -0.05) is 42.9 Å². The first-order valence-electron chi connectivity index (χ1n) is 10.2. The average Bonchev–Trinajstić information content (AvgIpc) is 3.36. The van der Waals surface area contributed by atoms with Crippen molar-refractivity contribution in [1.29, 1.82) is 0 Å². The van der Waals surface area contributed by atoms with Crippen molar-refractivity contribution in [3.05, 3.63) is 59.9 Å². The van der Waals surface area contributed by atoms with Gasteiger partial charge in [0, 0.05) is 16.8 Å². The Morgan fingerprint density at radius 1 is 1.19 bits per heavy atom. The summed E-state index contributed by atoms with van der Waals surface area (Å²) >= 11 is 6.79. The van der Waals surface area contributed by atoms with E-state index in [-0.39, 0.29) is 11.0 Å². The van der Waals surface area contributed by atoms with Crippen LogP contribution >= 0.6 is 23.6 Å². The van der Waals surface area contributed by atoms with Gasteiger partial charge < -0.3 is 10.1 Å². The lowest BCUT2D eigenvalue weighted by Crippen LogP contribution is -2.34. The van der Waals surface area contributed by atoms with E-state index in [4.69, 9.17) is 17.0 Å². The number of nitrogens with zero attached hydrogens (tertiary/aromatic N) is 4. The third kappa shape index (κ3) is 5.09. The molecule has 2 heterocycles. The minimum Gasteiger partial charge on any atom is -0.494 e. The van der Waals surface area contributed by atoms with Gasteiger partial charge in [-0.25, -0.2) is 0 Å². The van der Waals surface area contributed by atoms with Crippen LogP contribution in [0.4, 0.5) is 5.69 Å². The number of carbonyl (C=O) groups is 1. The quantitative estimate of drug-likeness (QED) is 0.307. The molecule has 4 rings (SSSR count). The van der Waals surface area contributed by atoms with Crippen molar-refractivity contribution in [2.75, 3.05) is 11.9 Å². The number of hydrogen-bond acceptors (Lipinski definition) is 7. The number of thiocarbonyl (C=S) groups is 1. The zero-order chi connectivity index (χ0) is 22.5. The number of amides is 1. The second-order valence-corrected chi connectivity index (χ2v) is 8.43. The molecule has 4 aromatic rings. The Labute approximate surface area is 194 Å². The molecular weight excluding hydrogens is 444 g/mol. The Hall–Kier alpha value is -3.37. The first-order valence-corrected chi connectivity index (χ1v) is 11.4. The highest BCUT2D eigenvalue weighted by Gasteiger charge is 2.12. The molecule has 10 heteroatoms. The summed E-state index contributed by atoms with van der Waals surface area (Å²) in [5, 5.41) is 19.5. The smallest absolute Gasteiger partial charge is 0.257 e. The molecule has 0 spiro atoms. The molecule has 0 atom stereocenters. The predicted octanol–water partition coefficient (Wildman–Crippen LogP) is 4.47. The number of anilines is 1. The summed E-state index contributed by atoms with van der Waals surface area (Å²) < 4.78 is 7.39. The van der Waals surface area contributed by atoms with E-state index < -0.39 is 0 Å². The average molecular weight is 467 g/mol. The van der Waals surface area contributed by atoms with Crippen LogP contribution in [0.15, 0.2) is 48.5 Å². The molecule has 0 saturated heterocycles. The Kier molecular flexibility index (Phi) is 6.72. The summed E-state index contributed by atoms with van der Waals surface area (Å²) in [4.78, 5) is 13.3. The van der Waals surface area contributed by atoms with Crippen molar-refractivity contribution in [2.45, 2.75) is 26.7 Å². The number of carbonyl (C=O) groups excluding carboxylic acids is 1. The standard InChI is InChI=1S/C22H22N6O2S2/c1-3-4-11-30-18-10-6-7-15(13-18)19(29)24-21(31)23-17-9-5-8-16(12-17)20-27-28-14(2)25-26-22(28)32-20/h5-10,12-13H,3-4,11H2,1-2H3,(H2,23,24,29,31). The largest absolute Gasteiger partial charge is 0.494 e. The van der Waals surface area contributed by atoms with E-state index in [0.717, 1.165) is 39.9 Å². The highest BCUT2D eigenvalue weighted by Crippen LogP contribution is 2.27. The molecule has 0 fully saturated rings. The van der Waals surface area contributed by atoms with Crippen LogP contribution in [0.5, 0.6) is 5.75 Å². The maximum atomic E-state index is 12.6. The molecule has 0 aliphatic heterocycles.